The van der Waals surface area contributed by atoms with E-state index in [1.807, 2.05) is 0 Å². The highest BCUT2D eigenvalue weighted by atomic mass is 16.8. The fraction of sp³-hybridized carbons (Fsp3) is 0.875. The largest absolute Gasteiger partial charge is 0.392 e. The number of ether oxygens (including phenoxy) is 8. The average molecular weight is 714 g/mol. The lowest BCUT2D eigenvalue weighted by Crippen LogP contribution is -2.61. The first-order valence-corrected chi connectivity index (χ1v) is 20.1. The van der Waals surface area contributed by atoms with Crippen LogP contribution in [0.5, 0.6) is 0 Å². The minimum absolute atomic E-state index is 0.00127. The second-order valence-corrected chi connectivity index (χ2v) is 17.6. The van der Waals surface area contributed by atoms with Crippen LogP contribution in [0, 0.1) is 17.8 Å². The number of hydrogen-bond acceptors (Lipinski definition) is 11. The lowest BCUT2D eigenvalue weighted by molar-refractivity contribution is -0.292. The Morgan fingerprint density at radius 1 is 0.765 bits per heavy atom. The molecule has 11 nitrogen and oxygen atoms in total. The number of nitrogens with two attached hydrogens (primary N) is 1. The van der Waals surface area contributed by atoms with Gasteiger partial charge in [0.05, 0.1) is 61.0 Å². The van der Waals surface area contributed by atoms with E-state index in [1.54, 1.807) is 0 Å². The molecule has 12 bridgehead atoms. The number of hydrogen-bond donors (Lipinski definition) is 2. The highest BCUT2D eigenvalue weighted by Crippen LogP contribution is 2.54. The van der Waals surface area contributed by atoms with Crippen LogP contribution in [0.1, 0.15) is 97.3 Å². The molecule has 3 N–H and O–H groups in total. The van der Waals surface area contributed by atoms with Crippen molar-refractivity contribution in [3.63, 3.8) is 0 Å². The van der Waals surface area contributed by atoms with Gasteiger partial charge in [0.1, 0.15) is 36.3 Å². The van der Waals surface area contributed by atoms with E-state index < -0.39 is 11.9 Å². The van der Waals surface area contributed by atoms with E-state index in [-0.39, 0.29) is 110 Å². The molecule has 0 aliphatic carbocycles. The molecule has 284 valence electrons. The first-order chi connectivity index (χ1) is 24.6. The predicted octanol–water partition coefficient (Wildman–Crippen LogP) is 4.06. The van der Waals surface area contributed by atoms with Gasteiger partial charge in [0.15, 0.2) is 5.79 Å². The molecular formula is C40H59NO10. The molecule has 10 saturated heterocycles. The van der Waals surface area contributed by atoms with Gasteiger partial charge in [-0.2, -0.15) is 0 Å². The Bertz CT molecular complexity index is 1360. The van der Waals surface area contributed by atoms with E-state index in [0.29, 0.717) is 44.4 Å². The lowest BCUT2D eigenvalue weighted by atomic mass is 9.78. The molecule has 51 heavy (non-hydrogen) atoms. The number of carbonyl (C=O) groups is 1. The van der Waals surface area contributed by atoms with Gasteiger partial charge in [0.25, 0.3) is 0 Å². The van der Waals surface area contributed by atoms with Crippen LogP contribution in [0.4, 0.5) is 0 Å². The average Bonchev–Trinajstić information content (AvgIpc) is 3.77. The van der Waals surface area contributed by atoms with Crippen molar-refractivity contribution in [3.05, 3.63) is 24.3 Å². The second kappa shape index (κ2) is 13.8. The number of ketones is 1. The van der Waals surface area contributed by atoms with Crippen molar-refractivity contribution in [3.8, 4) is 0 Å². The quantitative estimate of drug-likeness (QED) is 0.410. The molecule has 0 amide bonds. The third kappa shape index (κ3) is 6.53. The third-order valence-electron chi connectivity index (χ3n) is 14.2. The third-order valence-corrected chi connectivity index (χ3v) is 14.2. The predicted molar refractivity (Wildman–Crippen MR) is 185 cm³/mol. The van der Waals surface area contributed by atoms with Crippen molar-refractivity contribution < 1.29 is 47.8 Å². The van der Waals surface area contributed by atoms with Gasteiger partial charge in [-0.05, 0) is 73.8 Å². The minimum Gasteiger partial charge on any atom is -0.392 e. The summed E-state index contributed by atoms with van der Waals surface area (Å²) in [5, 5.41) is 10.5. The Morgan fingerprint density at radius 2 is 1.51 bits per heavy atom. The highest BCUT2D eigenvalue weighted by molar-refractivity contribution is 5.79. The Kier molecular flexibility index (Phi) is 9.59. The Labute approximate surface area is 302 Å². The maximum atomic E-state index is 14.0. The Morgan fingerprint density at radius 3 is 2.35 bits per heavy atom. The monoisotopic (exact) mass is 713 g/mol. The molecule has 0 aromatic rings. The van der Waals surface area contributed by atoms with E-state index in [1.165, 1.54) is 0 Å². The SMILES string of the molecule is C=C1C[C@@H]2CC[C@@]34C[C@H]5O[C@H]6[C@@H](O3)[C@H]3O[C@H](CC[C@@H]3O[C@H]6C5O4)CC(=O)CC3[C@H](C[C@H]4O[C@@H](CCC1O2)C[C@@H](C)C4=C)O[C@H](C[C@H](O)CN)[C@@H]3C. The maximum absolute atomic E-state index is 14.0. The number of fused-ring (bicyclic) bond motifs is 6. The van der Waals surface area contributed by atoms with E-state index >= 15 is 0 Å². The number of Topliss-reactive ketones (excluding diaryl/α,β-unsaturated/α-hetero) is 1. The van der Waals surface area contributed by atoms with Crippen molar-refractivity contribution in [2.45, 2.75) is 195 Å². The van der Waals surface area contributed by atoms with Gasteiger partial charge in [-0.3, -0.25) is 4.79 Å². The van der Waals surface area contributed by atoms with Gasteiger partial charge >= 0.3 is 0 Å². The Balaban J connectivity index is 0.986. The summed E-state index contributed by atoms with van der Waals surface area (Å²) in [6.07, 6.45) is 6.43. The molecular weight excluding hydrogens is 654 g/mol. The molecule has 0 aromatic carbocycles. The smallest absolute Gasteiger partial charge is 0.172 e. The van der Waals surface area contributed by atoms with Crippen molar-refractivity contribution in [2.75, 3.05) is 6.54 Å². The summed E-state index contributed by atoms with van der Waals surface area (Å²) in [5.41, 5.74) is 8.06. The van der Waals surface area contributed by atoms with Gasteiger partial charge in [-0.1, -0.05) is 27.0 Å². The second-order valence-electron chi connectivity index (χ2n) is 17.6. The maximum Gasteiger partial charge on any atom is 0.172 e. The summed E-state index contributed by atoms with van der Waals surface area (Å²) in [6.45, 7) is 13.5. The van der Waals surface area contributed by atoms with Gasteiger partial charge in [0, 0.05) is 45.1 Å². The van der Waals surface area contributed by atoms with E-state index in [2.05, 4.69) is 27.0 Å². The molecule has 10 aliphatic rings. The van der Waals surface area contributed by atoms with Crippen LogP contribution in [-0.2, 0) is 42.7 Å². The minimum atomic E-state index is -0.765. The van der Waals surface area contributed by atoms with E-state index in [4.69, 9.17) is 43.6 Å². The summed E-state index contributed by atoms with van der Waals surface area (Å²) >= 11 is 0. The molecule has 0 aromatic heterocycles. The molecule has 10 aliphatic heterocycles. The van der Waals surface area contributed by atoms with Gasteiger partial charge in [0.2, 0.25) is 0 Å². The molecule has 10 heterocycles. The zero-order chi connectivity index (χ0) is 35.2. The summed E-state index contributed by atoms with van der Waals surface area (Å²) in [7, 11) is 0. The van der Waals surface area contributed by atoms with Crippen molar-refractivity contribution in [1.29, 1.82) is 0 Å². The van der Waals surface area contributed by atoms with Crippen LogP contribution in [0.25, 0.3) is 0 Å². The molecule has 10 fully saturated rings. The molecule has 0 radical (unpaired) electrons. The first kappa shape index (κ1) is 35.5. The van der Waals surface area contributed by atoms with Gasteiger partial charge in [-0.25, -0.2) is 0 Å². The standard InChI is InChI=1S/C40H59NO10/c1-19-11-25-5-7-29-20(2)12-27(44-29)9-10-40-17-34-36(50-40)37-38(49-34)39(51-40)35-30(48-37)8-6-26(46-35)13-23(42)14-28-22(4)31(15-24(43)18-41)47-33(28)16-32(45-25)21(19)3/h19,22,24-39,43H,2-3,5-18,41H2,1,4H3/t19-,22-,24+,25+,26-,27+,28?,29?,30+,31-,32-,33+,34-,35+,36?,37+,38-,39+,40+/m1/s1. The van der Waals surface area contributed by atoms with Crippen LogP contribution in [-0.4, -0.2) is 115 Å². The summed E-state index contributed by atoms with van der Waals surface area (Å²) in [6, 6.07) is 0. The number of aliphatic hydroxyl groups is 1. The van der Waals surface area contributed by atoms with E-state index in [0.717, 1.165) is 56.1 Å². The molecule has 10 rings (SSSR count). The topological polar surface area (TPSA) is 137 Å². The number of carbonyl (C=O) groups excluding carboxylic acids is 1. The van der Waals surface area contributed by atoms with Crippen LogP contribution in [0.3, 0.4) is 0 Å². The van der Waals surface area contributed by atoms with Gasteiger partial charge in [-0.15, -0.1) is 0 Å². The van der Waals surface area contributed by atoms with Crippen molar-refractivity contribution in [1.82, 2.24) is 0 Å². The van der Waals surface area contributed by atoms with Crippen LogP contribution < -0.4 is 5.73 Å². The van der Waals surface area contributed by atoms with Crippen molar-refractivity contribution in [2.24, 2.45) is 23.5 Å². The zero-order valence-corrected chi connectivity index (χ0v) is 30.4. The fourth-order valence-corrected chi connectivity index (χ4v) is 11.3. The summed E-state index contributed by atoms with van der Waals surface area (Å²) in [4.78, 5) is 14.0. The van der Waals surface area contributed by atoms with Crippen LogP contribution in [0.2, 0.25) is 0 Å². The summed E-state index contributed by atoms with van der Waals surface area (Å²) in [5.74, 6) is -0.222. The summed E-state index contributed by atoms with van der Waals surface area (Å²) < 4.78 is 54.0. The Hall–Kier alpha value is -1.25. The highest BCUT2D eigenvalue weighted by Gasteiger charge is 2.68. The fourth-order valence-electron chi connectivity index (χ4n) is 11.3. The zero-order valence-electron chi connectivity index (χ0n) is 30.4. The molecule has 0 saturated carbocycles. The van der Waals surface area contributed by atoms with Crippen LogP contribution >= 0.6 is 0 Å². The van der Waals surface area contributed by atoms with Gasteiger partial charge < -0.3 is 48.7 Å². The number of aliphatic hydroxyl groups excluding tert-OH is 1. The van der Waals surface area contributed by atoms with Crippen LogP contribution in [0.15, 0.2) is 24.3 Å². The molecule has 11 heteroatoms. The number of rotatable bonds is 3. The lowest BCUT2D eigenvalue weighted by Gasteiger charge is -2.47. The molecule has 3 unspecified atom stereocenters. The van der Waals surface area contributed by atoms with E-state index in [9.17, 15) is 9.90 Å². The molecule has 19 atom stereocenters. The molecule has 1 spiro atoms. The van der Waals surface area contributed by atoms with Crippen molar-refractivity contribution >= 4 is 5.78 Å². The normalized spacial score (nSPS) is 53.2. The first-order valence-electron chi connectivity index (χ1n) is 20.1.